The smallest absolute Gasteiger partial charge is 0.249 e. The van der Waals surface area contributed by atoms with Crippen molar-refractivity contribution in [1.82, 2.24) is 0 Å². The summed E-state index contributed by atoms with van der Waals surface area (Å²) in [6.45, 7) is 8.63. The molecule has 0 heterocycles. The number of rotatable bonds is 10. The molecule has 0 fully saturated rings. The summed E-state index contributed by atoms with van der Waals surface area (Å²) in [5.41, 5.74) is 24.0. The number of carbonyl (C=O) groups excluding carboxylic acids is 2. The van der Waals surface area contributed by atoms with Crippen LogP contribution in [0.2, 0.25) is 0 Å². The number of hydrogen-bond acceptors (Lipinski definition) is 2. The molecule has 0 aliphatic heterocycles. The first-order chi connectivity index (χ1) is 18.8. The molecule has 0 atom stereocenters. The molecular formula is C35H38N2O2. The third-order valence-electron chi connectivity index (χ3n) is 7.58. The monoisotopic (exact) mass is 518 g/mol. The van der Waals surface area contributed by atoms with E-state index in [1.807, 2.05) is 36.4 Å². The second-order valence-electron chi connectivity index (χ2n) is 9.99. The molecule has 0 radical (unpaired) electrons. The van der Waals surface area contributed by atoms with Gasteiger partial charge in [-0.15, -0.1) is 0 Å². The van der Waals surface area contributed by atoms with Crippen LogP contribution in [0.5, 0.6) is 0 Å². The quantitative estimate of drug-likeness (QED) is 0.235. The molecule has 2 amide bonds. The maximum atomic E-state index is 12.2. The van der Waals surface area contributed by atoms with Gasteiger partial charge in [-0.25, -0.2) is 0 Å². The molecule has 4 rings (SSSR count). The van der Waals surface area contributed by atoms with E-state index in [2.05, 4.69) is 52.0 Å². The molecule has 0 saturated carbocycles. The van der Waals surface area contributed by atoms with Crippen LogP contribution in [0.1, 0.15) is 81.8 Å². The molecular weight excluding hydrogens is 480 g/mol. The minimum atomic E-state index is -0.407. The van der Waals surface area contributed by atoms with E-state index in [4.69, 9.17) is 11.5 Å². The number of carbonyl (C=O) groups is 2. The zero-order valence-corrected chi connectivity index (χ0v) is 23.4. The van der Waals surface area contributed by atoms with Crippen molar-refractivity contribution >= 4 is 11.8 Å². The molecule has 200 valence electrons. The number of nitrogens with two attached hydrogens (primary N) is 2. The van der Waals surface area contributed by atoms with Crippen LogP contribution in [0.25, 0.3) is 22.3 Å². The molecule has 0 spiro atoms. The van der Waals surface area contributed by atoms with Crippen molar-refractivity contribution in [3.05, 3.63) is 117 Å². The maximum Gasteiger partial charge on any atom is 0.249 e. The first-order valence-corrected chi connectivity index (χ1v) is 13.9. The molecule has 4 aromatic rings. The minimum Gasteiger partial charge on any atom is -0.366 e. The topological polar surface area (TPSA) is 86.2 Å². The first-order valence-electron chi connectivity index (χ1n) is 13.9. The van der Waals surface area contributed by atoms with Gasteiger partial charge in [-0.05, 0) is 99.9 Å². The Morgan fingerprint density at radius 3 is 1.13 bits per heavy atom. The Morgan fingerprint density at radius 1 is 0.538 bits per heavy atom. The summed E-state index contributed by atoms with van der Waals surface area (Å²) in [4.78, 5) is 24.4. The van der Waals surface area contributed by atoms with E-state index in [0.717, 1.165) is 54.4 Å². The van der Waals surface area contributed by atoms with Crippen LogP contribution in [0, 0.1) is 0 Å². The molecule has 0 unspecified atom stereocenters. The Bertz CT molecular complexity index is 1370. The highest BCUT2D eigenvalue weighted by molar-refractivity contribution is 6.01. The Labute approximate surface area is 232 Å². The van der Waals surface area contributed by atoms with Crippen LogP contribution in [-0.4, -0.2) is 11.8 Å². The third-order valence-corrected chi connectivity index (χ3v) is 7.58. The largest absolute Gasteiger partial charge is 0.366 e. The molecule has 39 heavy (non-hydrogen) atoms. The average molecular weight is 519 g/mol. The van der Waals surface area contributed by atoms with Gasteiger partial charge in [0.1, 0.15) is 0 Å². The van der Waals surface area contributed by atoms with Gasteiger partial charge in [0.25, 0.3) is 0 Å². The summed E-state index contributed by atoms with van der Waals surface area (Å²) in [5.74, 6) is -0.813. The van der Waals surface area contributed by atoms with E-state index in [1.165, 1.54) is 33.4 Å². The van der Waals surface area contributed by atoms with E-state index >= 15 is 0 Å². The van der Waals surface area contributed by atoms with Gasteiger partial charge in [0.15, 0.2) is 0 Å². The van der Waals surface area contributed by atoms with Gasteiger partial charge in [0.05, 0.1) is 0 Å². The van der Waals surface area contributed by atoms with E-state index in [9.17, 15) is 9.59 Å². The Kier molecular flexibility index (Phi) is 8.65. The molecule has 4 aromatic carbocycles. The second-order valence-corrected chi connectivity index (χ2v) is 9.99. The molecule has 4 N–H and O–H groups in total. The van der Waals surface area contributed by atoms with Gasteiger partial charge in [0, 0.05) is 11.1 Å². The zero-order chi connectivity index (χ0) is 28.1. The van der Waals surface area contributed by atoms with Crippen LogP contribution in [-0.2, 0) is 32.1 Å². The summed E-state index contributed by atoms with van der Waals surface area (Å²) in [6.07, 6.45) is 4.22. The van der Waals surface area contributed by atoms with Crippen LogP contribution in [0.3, 0.4) is 0 Å². The van der Waals surface area contributed by atoms with Gasteiger partial charge in [-0.1, -0.05) is 88.4 Å². The molecule has 0 aliphatic rings. The van der Waals surface area contributed by atoms with Crippen molar-refractivity contribution in [2.45, 2.75) is 59.8 Å². The van der Waals surface area contributed by atoms with Crippen molar-refractivity contribution in [3.63, 3.8) is 0 Å². The van der Waals surface area contributed by atoms with E-state index in [0.29, 0.717) is 11.1 Å². The number of aryl methyl sites for hydroxylation is 4. The van der Waals surface area contributed by atoms with Gasteiger partial charge in [-0.2, -0.15) is 0 Å². The fraction of sp³-hybridized carbons (Fsp3) is 0.257. The van der Waals surface area contributed by atoms with Gasteiger partial charge in [0.2, 0.25) is 11.8 Å². The summed E-state index contributed by atoms with van der Waals surface area (Å²) >= 11 is 0. The summed E-state index contributed by atoms with van der Waals surface area (Å²) in [5, 5.41) is 0. The van der Waals surface area contributed by atoms with Gasteiger partial charge in [-0.3, -0.25) is 9.59 Å². The van der Waals surface area contributed by atoms with Crippen LogP contribution in [0.4, 0.5) is 0 Å². The average Bonchev–Trinajstić information content (AvgIpc) is 2.95. The normalized spacial score (nSPS) is 11.0. The van der Waals surface area contributed by atoms with Crippen LogP contribution >= 0.6 is 0 Å². The molecule has 0 bridgehead atoms. The van der Waals surface area contributed by atoms with Crippen molar-refractivity contribution in [2.75, 3.05) is 0 Å². The number of amides is 2. The van der Waals surface area contributed by atoms with Crippen molar-refractivity contribution in [1.29, 1.82) is 0 Å². The number of primary amides is 2. The van der Waals surface area contributed by atoms with E-state index in [-0.39, 0.29) is 0 Å². The van der Waals surface area contributed by atoms with Gasteiger partial charge < -0.3 is 11.5 Å². The summed E-state index contributed by atoms with van der Waals surface area (Å²) in [7, 11) is 0. The van der Waals surface area contributed by atoms with E-state index < -0.39 is 11.8 Å². The van der Waals surface area contributed by atoms with Crippen molar-refractivity contribution in [3.8, 4) is 22.3 Å². The van der Waals surface area contributed by atoms with Crippen molar-refractivity contribution < 1.29 is 9.59 Å². The highest BCUT2D eigenvalue weighted by Crippen LogP contribution is 2.36. The second kappa shape index (κ2) is 12.1. The fourth-order valence-corrected chi connectivity index (χ4v) is 5.76. The third kappa shape index (κ3) is 5.65. The summed E-state index contributed by atoms with van der Waals surface area (Å²) in [6, 6.07) is 24.4. The highest BCUT2D eigenvalue weighted by atomic mass is 16.1. The van der Waals surface area contributed by atoms with Gasteiger partial charge >= 0.3 is 0 Å². The van der Waals surface area contributed by atoms with E-state index in [1.54, 1.807) is 12.1 Å². The fourth-order valence-electron chi connectivity index (χ4n) is 5.76. The minimum absolute atomic E-state index is 0.407. The lowest BCUT2D eigenvalue weighted by Crippen LogP contribution is -2.13. The standard InChI is InChI=1S/C35H38N2O2/c1-5-24-18-22(19-25(6-2)32(24)28-13-9-11-15-30(28)34(36)38)17-23-20-26(7-3)33(27(8-4)21-23)29-14-10-12-16-31(29)35(37)39/h9-16,18-21H,5-8,17H2,1-4H3,(H2,36,38)(H2,37,39). The Morgan fingerprint density at radius 2 is 0.846 bits per heavy atom. The molecule has 4 nitrogen and oxygen atoms in total. The lowest BCUT2D eigenvalue weighted by molar-refractivity contribution is 0.0992. The molecule has 0 aliphatic carbocycles. The zero-order valence-electron chi connectivity index (χ0n) is 23.4. The number of benzene rings is 4. The molecule has 0 aromatic heterocycles. The SMILES string of the molecule is CCc1cc(Cc2cc(CC)c(-c3ccccc3C(N)=O)c(CC)c2)cc(CC)c1-c1ccccc1C(N)=O. The lowest BCUT2D eigenvalue weighted by atomic mass is 9.84. The highest BCUT2D eigenvalue weighted by Gasteiger charge is 2.19. The summed E-state index contributed by atoms with van der Waals surface area (Å²) < 4.78 is 0. The number of hydrogen-bond donors (Lipinski definition) is 2. The Hall–Kier alpha value is -4.18. The predicted molar refractivity (Wildman–Crippen MR) is 161 cm³/mol. The molecule has 4 heteroatoms. The first kappa shape index (κ1) is 27.8. The lowest BCUT2D eigenvalue weighted by Gasteiger charge is -2.20. The van der Waals surface area contributed by atoms with Crippen molar-refractivity contribution in [2.24, 2.45) is 11.5 Å². The predicted octanol–water partition coefficient (Wildman–Crippen LogP) is 7.06. The van der Waals surface area contributed by atoms with Crippen LogP contribution in [0.15, 0.2) is 72.8 Å². The van der Waals surface area contributed by atoms with Crippen LogP contribution < -0.4 is 11.5 Å². The maximum absolute atomic E-state index is 12.2. The Balaban J connectivity index is 1.82. The molecule has 0 saturated heterocycles.